The van der Waals surface area contributed by atoms with Crippen molar-refractivity contribution in [1.82, 2.24) is 9.21 Å². The summed E-state index contributed by atoms with van der Waals surface area (Å²) in [5, 5.41) is 3.01. The highest BCUT2D eigenvalue weighted by Gasteiger charge is 2.55. The van der Waals surface area contributed by atoms with Gasteiger partial charge in [0.05, 0.1) is 11.4 Å². The number of imide groups is 1. The molecule has 11 nitrogen and oxygen atoms in total. The molecule has 0 bridgehead atoms. The zero-order valence-corrected chi connectivity index (χ0v) is 34.9. The monoisotopic (exact) mass is 784 g/mol. The van der Waals surface area contributed by atoms with Crippen LogP contribution in [0.2, 0.25) is 0 Å². The second-order valence-electron chi connectivity index (χ2n) is 15.6. The third kappa shape index (κ3) is 10.9. The molecule has 1 atom stereocenters. The van der Waals surface area contributed by atoms with Crippen LogP contribution in [0.5, 0.6) is 0 Å². The van der Waals surface area contributed by atoms with E-state index in [2.05, 4.69) is 39.9 Å². The summed E-state index contributed by atoms with van der Waals surface area (Å²) in [6.45, 7) is 14.2. The Morgan fingerprint density at radius 3 is 2.24 bits per heavy atom. The first-order valence-corrected chi connectivity index (χ1v) is 22.0. The molecule has 0 saturated carbocycles. The Labute approximate surface area is 327 Å². The van der Waals surface area contributed by atoms with Crippen molar-refractivity contribution in [2.24, 2.45) is 4.99 Å². The third-order valence-electron chi connectivity index (χ3n) is 9.60. The smallest absolute Gasteiger partial charge is 0.418 e. The fourth-order valence-electron chi connectivity index (χ4n) is 6.41. The Morgan fingerprint density at radius 1 is 0.926 bits per heavy atom. The molecular formula is C41H60N4O7S2. The number of aliphatic imine (C=N–C) groups is 1. The molecule has 54 heavy (non-hydrogen) atoms. The molecule has 0 radical (unpaired) electrons. The number of sulfonamides is 1. The topological polar surface area (TPSA) is 135 Å². The number of hydrogen-bond donors (Lipinski definition) is 1. The Balaban J connectivity index is 1.71. The van der Waals surface area contributed by atoms with Gasteiger partial charge < -0.3 is 14.8 Å². The molecular weight excluding hydrogens is 725 g/mol. The number of carbonyl (C=O) groups excluding carboxylic acids is 3. The van der Waals surface area contributed by atoms with E-state index < -0.39 is 39.6 Å². The van der Waals surface area contributed by atoms with Crippen LogP contribution in [-0.2, 0) is 34.5 Å². The summed E-state index contributed by atoms with van der Waals surface area (Å²) in [7, 11) is -4.27. The molecule has 3 amide bonds. The molecule has 4 rings (SSSR count). The van der Waals surface area contributed by atoms with Crippen LogP contribution in [-0.4, -0.2) is 78.5 Å². The van der Waals surface area contributed by atoms with Crippen LogP contribution < -0.4 is 5.32 Å². The maximum Gasteiger partial charge on any atom is 0.418 e. The number of nitrogens with zero attached hydrogens (tertiary/aromatic N) is 3. The highest BCUT2D eigenvalue weighted by Crippen LogP contribution is 2.37. The molecule has 1 fully saturated rings. The Morgan fingerprint density at radius 2 is 1.57 bits per heavy atom. The van der Waals surface area contributed by atoms with Gasteiger partial charge in [-0.3, -0.25) is 13.9 Å². The van der Waals surface area contributed by atoms with Gasteiger partial charge in [-0.15, -0.1) is 11.8 Å². The van der Waals surface area contributed by atoms with E-state index in [1.54, 1.807) is 23.9 Å². The second kappa shape index (κ2) is 19.4. The summed E-state index contributed by atoms with van der Waals surface area (Å²) in [4.78, 5) is 48.4. The van der Waals surface area contributed by atoms with Crippen molar-refractivity contribution in [1.29, 1.82) is 0 Å². The maximum absolute atomic E-state index is 14.8. The van der Waals surface area contributed by atoms with Crippen LogP contribution in [0.3, 0.4) is 0 Å². The average molecular weight is 785 g/mol. The van der Waals surface area contributed by atoms with Gasteiger partial charge in [-0.2, -0.15) is 0 Å². The van der Waals surface area contributed by atoms with Gasteiger partial charge in [0, 0.05) is 24.7 Å². The van der Waals surface area contributed by atoms with E-state index >= 15 is 0 Å². The predicted octanol–water partition coefficient (Wildman–Crippen LogP) is 9.22. The molecule has 2 aromatic carbocycles. The van der Waals surface area contributed by atoms with E-state index in [1.165, 1.54) is 45.2 Å². The number of carbonyl (C=O) groups is 3. The maximum atomic E-state index is 14.8. The minimum absolute atomic E-state index is 0.0313. The number of fused-ring (bicyclic) bond motifs is 1. The molecule has 1 unspecified atom stereocenters. The number of ether oxygens (including phenoxy) is 2. The van der Waals surface area contributed by atoms with Gasteiger partial charge in [-0.25, -0.2) is 23.1 Å². The highest BCUT2D eigenvalue weighted by molar-refractivity contribution is 7.99. The number of thioether (sulfide) groups is 1. The van der Waals surface area contributed by atoms with Gasteiger partial charge in [0.15, 0.2) is 17.5 Å². The van der Waals surface area contributed by atoms with Gasteiger partial charge in [-0.1, -0.05) is 104 Å². The van der Waals surface area contributed by atoms with Crippen molar-refractivity contribution in [3.63, 3.8) is 0 Å². The number of unbranched alkanes of at least 4 members (excludes halogenated alkanes) is 8. The lowest BCUT2D eigenvalue weighted by molar-refractivity contribution is -0.137. The SMILES string of the molecule is CCCCCCCCOCCCN1C(C(C(=O)Nc2cc(C(C)(C)C)ccc2SCCCCCC)N2C(=O)OC(C)(C)C2=O)=Nc2ccccc2S1(=O)=O. The van der Waals surface area contributed by atoms with Crippen molar-refractivity contribution >= 4 is 56.9 Å². The minimum Gasteiger partial charge on any atom is -0.433 e. The molecule has 298 valence electrons. The number of para-hydroxylation sites is 1. The largest absolute Gasteiger partial charge is 0.433 e. The van der Waals surface area contributed by atoms with Crippen molar-refractivity contribution < 1.29 is 32.3 Å². The van der Waals surface area contributed by atoms with Gasteiger partial charge in [0.1, 0.15) is 4.90 Å². The van der Waals surface area contributed by atoms with Gasteiger partial charge >= 0.3 is 6.09 Å². The van der Waals surface area contributed by atoms with Crippen molar-refractivity contribution in [2.75, 3.05) is 30.8 Å². The zero-order chi connectivity index (χ0) is 39.5. The summed E-state index contributed by atoms with van der Waals surface area (Å²) >= 11 is 1.62. The van der Waals surface area contributed by atoms with Crippen molar-refractivity contribution in [2.45, 2.75) is 146 Å². The number of nitrogens with one attached hydrogen (secondary N) is 1. The summed E-state index contributed by atoms with van der Waals surface area (Å²) < 4.78 is 41.1. The van der Waals surface area contributed by atoms with Crippen LogP contribution >= 0.6 is 11.8 Å². The van der Waals surface area contributed by atoms with Crippen molar-refractivity contribution in [3.05, 3.63) is 48.0 Å². The number of cyclic esters (lactones) is 1. The molecule has 2 aliphatic rings. The molecule has 0 spiro atoms. The molecule has 0 aliphatic carbocycles. The molecule has 2 heterocycles. The number of anilines is 1. The van der Waals surface area contributed by atoms with Crippen LogP contribution in [0.25, 0.3) is 0 Å². The van der Waals surface area contributed by atoms with Crippen molar-refractivity contribution in [3.8, 4) is 0 Å². The molecule has 2 aliphatic heterocycles. The quantitative estimate of drug-likeness (QED) is 0.0978. The molecule has 0 aromatic heterocycles. The number of amides is 3. The molecule has 1 saturated heterocycles. The summed E-state index contributed by atoms with van der Waals surface area (Å²) in [5.41, 5.74) is -0.245. The predicted molar refractivity (Wildman–Crippen MR) is 216 cm³/mol. The molecule has 1 N–H and O–H groups in total. The van der Waals surface area contributed by atoms with E-state index in [9.17, 15) is 22.8 Å². The first kappa shape index (κ1) is 43.3. The lowest BCUT2D eigenvalue weighted by Gasteiger charge is -2.35. The van der Waals surface area contributed by atoms with Crippen LogP contribution in [0.1, 0.15) is 125 Å². The van der Waals surface area contributed by atoms with E-state index in [1.807, 2.05) is 18.2 Å². The summed E-state index contributed by atoms with van der Waals surface area (Å²) in [6, 6.07) is 10.4. The number of rotatable bonds is 21. The number of benzene rings is 2. The lowest BCUT2D eigenvalue weighted by Crippen LogP contribution is -2.59. The van der Waals surface area contributed by atoms with Gasteiger partial charge in [0.25, 0.3) is 21.8 Å². The Kier molecular flexibility index (Phi) is 15.6. The Hall–Kier alpha value is -3.42. The first-order valence-electron chi connectivity index (χ1n) is 19.6. The molecule has 13 heteroatoms. The highest BCUT2D eigenvalue weighted by atomic mass is 32.2. The van der Waals surface area contributed by atoms with E-state index in [0.29, 0.717) is 23.6 Å². The standard InChI is InChI=1S/C41H60N4O7S2/c1-8-10-12-14-15-18-26-51-27-20-25-44-36(42-31-21-16-17-22-34(31)54(44,49)50)35(45-38(47)41(6,7)52-39(45)48)37(46)43-32-29-30(40(3,4)5)23-24-33(32)53-28-19-13-11-9-2/h16-17,21-24,29,35H,8-15,18-20,25-28H2,1-7H3,(H,43,46). The number of amidine groups is 1. The summed E-state index contributed by atoms with van der Waals surface area (Å²) in [5.74, 6) is -0.980. The fourth-order valence-corrected chi connectivity index (χ4v) is 9.03. The van der Waals surface area contributed by atoms with Crippen LogP contribution in [0.15, 0.2) is 57.2 Å². The van der Waals surface area contributed by atoms with E-state index in [0.717, 1.165) is 65.5 Å². The van der Waals surface area contributed by atoms with Crippen LogP contribution in [0, 0.1) is 0 Å². The normalized spacial score (nSPS) is 16.9. The molecule has 2 aromatic rings. The van der Waals surface area contributed by atoms with Crippen LogP contribution in [0.4, 0.5) is 16.2 Å². The third-order valence-corrected chi connectivity index (χ3v) is 12.6. The summed E-state index contributed by atoms with van der Waals surface area (Å²) in [6.07, 6.45) is 10.3. The lowest BCUT2D eigenvalue weighted by atomic mass is 9.87. The first-order chi connectivity index (χ1) is 25.6. The van der Waals surface area contributed by atoms with E-state index in [-0.39, 0.29) is 35.0 Å². The second-order valence-corrected chi connectivity index (χ2v) is 18.5. The Bertz CT molecular complexity index is 1750. The fraction of sp³-hybridized carbons (Fsp3) is 0.610. The van der Waals surface area contributed by atoms with Gasteiger partial charge in [-0.05, 0) is 74.1 Å². The zero-order valence-electron chi connectivity index (χ0n) is 33.2. The number of hydrogen-bond acceptors (Lipinski definition) is 9. The minimum atomic E-state index is -4.27. The van der Waals surface area contributed by atoms with Gasteiger partial charge in [0.2, 0.25) is 0 Å². The average Bonchev–Trinajstić information content (AvgIpc) is 3.31. The van der Waals surface area contributed by atoms with E-state index in [4.69, 9.17) is 14.5 Å².